The molecule has 1 atom stereocenters. The van der Waals surface area contributed by atoms with Crippen LogP contribution in [0.4, 0.5) is 0 Å². The van der Waals surface area contributed by atoms with E-state index in [0.29, 0.717) is 0 Å². The van der Waals surface area contributed by atoms with E-state index < -0.39 is 0 Å². The lowest BCUT2D eigenvalue weighted by Gasteiger charge is -2.17. The van der Waals surface area contributed by atoms with Gasteiger partial charge in [-0.05, 0) is 44.9 Å². The summed E-state index contributed by atoms with van der Waals surface area (Å²) in [6.07, 6.45) is 7.88. The number of hydrogen-bond acceptors (Lipinski definition) is 4. The minimum atomic E-state index is 0.214. The molecule has 1 unspecified atom stereocenters. The summed E-state index contributed by atoms with van der Waals surface area (Å²) in [4.78, 5) is 8.72. The Labute approximate surface area is 120 Å². The molecule has 0 aromatic carbocycles. The number of nitrogens with zero attached hydrogens (tertiary/aromatic N) is 4. The third-order valence-corrected chi connectivity index (χ3v) is 3.25. The lowest BCUT2D eigenvalue weighted by atomic mass is 10.1. The lowest BCUT2D eigenvalue weighted by molar-refractivity contribution is 0.515. The SMILES string of the molecule is CCCNC(Cc1cnn(CC)c1)c1ccnc(C)n1. The normalized spacial score (nSPS) is 12.6. The van der Waals surface area contributed by atoms with Gasteiger partial charge in [-0.1, -0.05) is 6.92 Å². The van der Waals surface area contributed by atoms with Crippen molar-refractivity contribution in [2.75, 3.05) is 6.54 Å². The van der Waals surface area contributed by atoms with Crippen molar-refractivity contribution in [2.45, 2.75) is 46.2 Å². The Bertz CT molecular complexity index is 535. The highest BCUT2D eigenvalue weighted by molar-refractivity contribution is 5.14. The fourth-order valence-electron chi connectivity index (χ4n) is 2.19. The fraction of sp³-hybridized carbons (Fsp3) is 0.533. The standard InChI is InChI=1S/C15H23N5/c1-4-7-17-15(14-6-8-16-12(3)19-14)9-13-10-18-20(5-2)11-13/h6,8,10-11,15,17H,4-5,7,9H2,1-3H3. The van der Waals surface area contributed by atoms with Gasteiger partial charge in [-0.2, -0.15) is 5.10 Å². The van der Waals surface area contributed by atoms with E-state index in [-0.39, 0.29) is 6.04 Å². The predicted molar refractivity (Wildman–Crippen MR) is 79.4 cm³/mol. The summed E-state index contributed by atoms with van der Waals surface area (Å²) in [5, 5.41) is 7.90. The quantitative estimate of drug-likeness (QED) is 0.841. The van der Waals surface area contributed by atoms with Gasteiger partial charge in [0.25, 0.3) is 0 Å². The Balaban J connectivity index is 2.14. The van der Waals surface area contributed by atoms with E-state index in [1.807, 2.05) is 30.1 Å². The highest BCUT2D eigenvalue weighted by Gasteiger charge is 2.14. The van der Waals surface area contributed by atoms with Crippen molar-refractivity contribution in [1.29, 1.82) is 0 Å². The summed E-state index contributed by atoms with van der Waals surface area (Å²) in [7, 11) is 0. The molecule has 2 heterocycles. The molecule has 0 amide bonds. The van der Waals surface area contributed by atoms with Crippen molar-refractivity contribution in [2.24, 2.45) is 0 Å². The van der Waals surface area contributed by atoms with Gasteiger partial charge in [0.05, 0.1) is 17.9 Å². The first-order valence-corrected chi connectivity index (χ1v) is 7.27. The van der Waals surface area contributed by atoms with Gasteiger partial charge in [-0.25, -0.2) is 9.97 Å². The van der Waals surface area contributed by atoms with Crippen molar-refractivity contribution in [1.82, 2.24) is 25.1 Å². The number of aryl methyl sites for hydroxylation is 2. The number of nitrogens with one attached hydrogen (secondary N) is 1. The van der Waals surface area contributed by atoms with Gasteiger partial charge >= 0.3 is 0 Å². The second-order valence-corrected chi connectivity index (χ2v) is 4.94. The smallest absolute Gasteiger partial charge is 0.125 e. The van der Waals surface area contributed by atoms with Crippen molar-refractivity contribution in [3.63, 3.8) is 0 Å². The molecule has 20 heavy (non-hydrogen) atoms. The summed E-state index contributed by atoms with van der Waals surface area (Å²) in [6, 6.07) is 2.20. The molecule has 0 aliphatic heterocycles. The third-order valence-electron chi connectivity index (χ3n) is 3.25. The molecule has 2 aromatic rings. The van der Waals surface area contributed by atoms with Gasteiger partial charge in [0.2, 0.25) is 0 Å². The molecular weight excluding hydrogens is 250 g/mol. The van der Waals surface area contributed by atoms with E-state index >= 15 is 0 Å². The second kappa shape index (κ2) is 7.14. The minimum Gasteiger partial charge on any atom is -0.308 e. The second-order valence-electron chi connectivity index (χ2n) is 4.94. The highest BCUT2D eigenvalue weighted by Crippen LogP contribution is 2.16. The molecule has 0 fully saturated rings. The van der Waals surface area contributed by atoms with E-state index in [4.69, 9.17) is 0 Å². The average molecular weight is 273 g/mol. The molecule has 0 spiro atoms. The van der Waals surface area contributed by atoms with Crippen LogP contribution in [0, 0.1) is 6.92 Å². The van der Waals surface area contributed by atoms with Gasteiger partial charge in [0.15, 0.2) is 0 Å². The zero-order valence-electron chi connectivity index (χ0n) is 12.5. The first kappa shape index (κ1) is 14.7. The van der Waals surface area contributed by atoms with E-state index in [2.05, 4.69) is 40.4 Å². The highest BCUT2D eigenvalue weighted by atomic mass is 15.3. The molecular formula is C15H23N5. The van der Waals surface area contributed by atoms with Gasteiger partial charge in [-0.15, -0.1) is 0 Å². The van der Waals surface area contributed by atoms with Crippen LogP contribution in [0.5, 0.6) is 0 Å². The van der Waals surface area contributed by atoms with Gasteiger partial charge < -0.3 is 5.32 Å². The molecule has 0 bridgehead atoms. The molecule has 0 saturated carbocycles. The molecule has 0 saturated heterocycles. The van der Waals surface area contributed by atoms with Gasteiger partial charge in [-0.3, -0.25) is 4.68 Å². The van der Waals surface area contributed by atoms with Crippen LogP contribution in [0.25, 0.3) is 0 Å². The molecule has 0 aliphatic carbocycles. The van der Waals surface area contributed by atoms with Gasteiger partial charge in [0.1, 0.15) is 5.82 Å². The monoisotopic (exact) mass is 273 g/mol. The fourth-order valence-corrected chi connectivity index (χ4v) is 2.19. The molecule has 0 aliphatic rings. The molecule has 2 aromatic heterocycles. The Morgan fingerprint density at radius 1 is 1.35 bits per heavy atom. The molecule has 0 radical (unpaired) electrons. The zero-order chi connectivity index (χ0) is 14.4. The Morgan fingerprint density at radius 2 is 2.20 bits per heavy atom. The zero-order valence-corrected chi connectivity index (χ0v) is 12.5. The summed E-state index contributed by atoms with van der Waals surface area (Å²) < 4.78 is 1.96. The Hall–Kier alpha value is -1.75. The van der Waals surface area contributed by atoms with Crippen LogP contribution in [0.1, 0.15) is 43.4 Å². The number of hydrogen-bond donors (Lipinski definition) is 1. The molecule has 5 heteroatoms. The van der Waals surface area contributed by atoms with Crippen LogP contribution in [-0.2, 0) is 13.0 Å². The van der Waals surface area contributed by atoms with Crippen molar-refractivity contribution in [3.05, 3.63) is 41.7 Å². The number of rotatable bonds is 7. The Morgan fingerprint density at radius 3 is 2.85 bits per heavy atom. The number of aromatic nitrogens is 4. The maximum Gasteiger partial charge on any atom is 0.125 e. The predicted octanol–water partition coefficient (Wildman–Crippen LogP) is 2.28. The molecule has 108 valence electrons. The van der Waals surface area contributed by atoms with E-state index in [9.17, 15) is 0 Å². The van der Waals surface area contributed by atoms with E-state index in [1.54, 1.807) is 0 Å². The maximum absolute atomic E-state index is 4.55. The van der Waals surface area contributed by atoms with Crippen LogP contribution in [-0.4, -0.2) is 26.3 Å². The minimum absolute atomic E-state index is 0.214. The molecule has 2 rings (SSSR count). The molecule has 5 nitrogen and oxygen atoms in total. The van der Waals surface area contributed by atoms with Gasteiger partial charge in [0, 0.05) is 18.9 Å². The van der Waals surface area contributed by atoms with Crippen LogP contribution >= 0.6 is 0 Å². The van der Waals surface area contributed by atoms with Crippen molar-refractivity contribution < 1.29 is 0 Å². The summed E-state index contributed by atoms with van der Waals surface area (Å²) >= 11 is 0. The summed E-state index contributed by atoms with van der Waals surface area (Å²) in [5.41, 5.74) is 2.28. The Kier molecular flexibility index (Phi) is 5.24. The van der Waals surface area contributed by atoms with Crippen LogP contribution in [0.2, 0.25) is 0 Å². The van der Waals surface area contributed by atoms with Crippen LogP contribution in [0.3, 0.4) is 0 Å². The average Bonchev–Trinajstić information content (AvgIpc) is 2.91. The van der Waals surface area contributed by atoms with Crippen molar-refractivity contribution in [3.8, 4) is 0 Å². The van der Waals surface area contributed by atoms with E-state index in [0.717, 1.165) is 37.4 Å². The first-order chi connectivity index (χ1) is 9.72. The first-order valence-electron chi connectivity index (χ1n) is 7.27. The lowest BCUT2D eigenvalue weighted by Crippen LogP contribution is -2.25. The molecule has 1 N–H and O–H groups in total. The largest absolute Gasteiger partial charge is 0.308 e. The maximum atomic E-state index is 4.55. The topological polar surface area (TPSA) is 55.6 Å². The van der Waals surface area contributed by atoms with Crippen LogP contribution in [0.15, 0.2) is 24.7 Å². The van der Waals surface area contributed by atoms with Crippen molar-refractivity contribution >= 4 is 0 Å². The summed E-state index contributed by atoms with van der Waals surface area (Å²) in [6.45, 7) is 8.08. The van der Waals surface area contributed by atoms with E-state index in [1.165, 1.54) is 5.56 Å². The van der Waals surface area contributed by atoms with Crippen LogP contribution < -0.4 is 5.32 Å². The summed E-state index contributed by atoms with van der Waals surface area (Å²) in [5.74, 6) is 0.815. The third kappa shape index (κ3) is 3.87.